The summed E-state index contributed by atoms with van der Waals surface area (Å²) in [4.78, 5) is 21.4. The number of amides is 1. The maximum atomic E-state index is 14.1. The fraction of sp³-hybridized carbons (Fsp3) is 0.143. The van der Waals surface area contributed by atoms with Gasteiger partial charge in [0, 0.05) is 39.3 Å². The van der Waals surface area contributed by atoms with Crippen molar-refractivity contribution in [2.24, 2.45) is 4.99 Å². The third-order valence-corrected chi connectivity index (χ3v) is 9.29. The van der Waals surface area contributed by atoms with Crippen molar-refractivity contribution in [1.82, 2.24) is 4.57 Å². The van der Waals surface area contributed by atoms with Crippen molar-refractivity contribution in [3.8, 4) is 0 Å². The number of anilines is 1. The number of thioether (sulfide) groups is 1. The van der Waals surface area contributed by atoms with E-state index in [0.717, 1.165) is 44.5 Å². The normalized spacial score (nSPS) is 15.5. The van der Waals surface area contributed by atoms with E-state index in [9.17, 15) is 4.79 Å². The molecular formula is C35H29Cl2N3OS. The Kier molecular flexibility index (Phi) is 7.75. The smallest absolute Gasteiger partial charge is 0.271 e. The van der Waals surface area contributed by atoms with E-state index in [1.807, 2.05) is 54.6 Å². The summed E-state index contributed by atoms with van der Waals surface area (Å²) in [5.74, 6) is -0.0941. The van der Waals surface area contributed by atoms with Crippen LogP contribution in [0.15, 0.2) is 95.0 Å². The fourth-order valence-corrected chi connectivity index (χ4v) is 6.50. The number of rotatable bonds is 5. The quantitative estimate of drug-likeness (QED) is 0.186. The van der Waals surface area contributed by atoms with Gasteiger partial charge in [0.1, 0.15) is 0 Å². The molecule has 4 aromatic carbocycles. The van der Waals surface area contributed by atoms with Crippen molar-refractivity contribution in [2.45, 2.75) is 34.2 Å². The highest BCUT2D eigenvalue weighted by Gasteiger charge is 2.35. The topological polar surface area (TPSA) is 37.6 Å². The largest absolute Gasteiger partial charge is 0.342 e. The van der Waals surface area contributed by atoms with Crippen LogP contribution in [-0.2, 0) is 11.3 Å². The highest BCUT2D eigenvalue weighted by atomic mass is 35.5. The number of nitrogens with zero attached hydrogens (tertiary/aromatic N) is 3. The first-order valence-corrected chi connectivity index (χ1v) is 15.2. The third kappa shape index (κ3) is 5.52. The van der Waals surface area contributed by atoms with Crippen LogP contribution in [0.1, 0.15) is 33.4 Å². The Hall–Kier alpha value is -3.77. The predicted octanol–water partition coefficient (Wildman–Crippen LogP) is 10.0. The Morgan fingerprint density at radius 3 is 2.31 bits per heavy atom. The Labute approximate surface area is 260 Å². The molecule has 1 aliphatic heterocycles. The molecule has 6 rings (SSSR count). The molecule has 0 unspecified atom stereocenters. The molecule has 5 aromatic rings. The minimum Gasteiger partial charge on any atom is -0.342 e. The second-order valence-electron chi connectivity index (χ2n) is 10.6. The van der Waals surface area contributed by atoms with Gasteiger partial charge in [-0.2, -0.15) is 0 Å². The minimum atomic E-state index is -0.0941. The van der Waals surface area contributed by atoms with Crippen LogP contribution in [0, 0.1) is 27.7 Å². The lowest BCUT2D eigenvalue weighted by Gasteiger charge is -2.17. The molecule has 4 nitrogen and oxygen atoms in total. The van der Waals surface area contributed by atoms with Gasteiger partial charge in [0.15, 0.2) is 5.17 Å². The average molecular weight is 611 g/mol. The van der Waals surface area contributed by atoms with Crippen molar-refractivity contribution in [1.29, 1.82) is 0 Å². The SMILES string of the molecule is Cc1ccc(N=C2S/C(=C\c3cn(Cc4ccc(Cl)cc4Cl)c4ccccc34)C(=O)N2c2ccc(C)c(C)c2)cc1C. The van der Waals surface area contributed by atoms with Gasteiger partial charge >= 0.3 is 0 Å². The standard InChI is InChI=1S/C35H29Cl2N3OS/c1-21-9-13-28(15-23(21)3)38-35-40(29-14-10-22(2)24(4)16-29)34(41)33(42-35)17-26-20-39(32-8-6-5-7-30(26)32)19-25-11-12-27(36)18-31(25)37/h5-18,20H,19H2,1-4H3/b33-17-,38-35?. The van der Waals surface area contributed by atoms with E-state index in [4.69, 9.17) is 28.2 Å². The van der Waals surface area contributed by atoms with Crippen LogP contribution in [0.3, 0.4) is 0 Å². The molecule has 1 aromatic heterocycles. The lowest BCUT2D eigenvalue weighted by atomic mass is 10.1. The number of carbonyl (C=O) groups excluding carboxylic acids is 1. The molecule has 210 valence electrons. The zero-order valence-electron chi connectivity index (χ0n) is 23.8. The summed E-state index contributed by atoms with van der Waals surface area (Å²) in [5, 5.41) is 2.92. The maximum Gasteiger partial charge on any atom is 0.271 e. The molecule has 0 saturated carbocycles. The molecule has 1 aliphatic rings. The Balaban J connectivity index is 1.44. The molecule has 0 radical (unpaired) electrons. The van der Waals surface area contributed by atoms with Crippen molar-refractivity contribution < 1.29 is 4.79 Å². The molecule has 42 heavy (non-hydrogen) atoms. The second kappa shape index (κ2) is 11.5. The maximum absolute atomic E-state index is 14.1. The van der Waals surface area contributed by atoms with E-state index in [-0.39, 0.29) is 5.91 Å². The molecule has 0 bridgehead atoms. The highest BCUT2D eigenvalue weighted by Crippen LogP contribution is 2.39. The summed E-state index contributed by atoms with van der Waals surface area (Å²) in [6, 6.07) is 26.0. The van der Waals surface area contributed by atoms with Gasteiger partial charge in [-0.05, 0) is 116 Å². The Morgan fingerprint density at radius 1 is 0.833 bits per heavy atom. The number of aromatic nitrogens is 1. The van der Waals surface area contributed by atoms with Crippen molar-refractivity contribution in [3.05, 3.63) is 133 Å². The first kappa shape index (κ1) is 28.4. The summed E-state index contributed by atoms with van der Waals surface area (Å²) in [5.41, 5.74) is 9.27. The van der Waals surface area contributed by atoms with Gasteiger partial charge in [0.2, 0.25) is 0 Å². The number of fused-ring (bicyclic) bond motifs is 1. The number of halogens is 2. The van der Waals surface area contributed by atoms with Crippen molar-refractivity contribution in [2.75, 3.05) is 4.90 Å². The van der Waals surface area contributed by atoms with Gasteiger partial charge in [0.05, 0.1) is 16.3 Å². The van der Waals surface area contributed by atoms with E-state index in [0.29, 0.717) is 26.7 Å². The van der Waals surface area contributed by atoms with Crippen LogP contribution >= 0.6 is 35.0 Å². The highest BCUT2D eigenvalue weighted by molar-refractivity contribution is 8.19. The molecule has 0 aliphatic carbocycles. The molecule has 7 heteroatoms. The lowest BCUT2D eigenvalue weighted by molar-refractivity contribution is -0.113. The summed E-state index contributed by atoms with van der Waals surface area (Å²) in [6.45, 7) is 8.87. The number of amidine groups is 1. The average Bonchev–Trinajstić information content (AvgIpc) is 3.46. The van der Waals surface area contributed by atoms with E-state index in [1.54, 1.807) is 11.0 Å². The summed E-state index contributed by atoms with van der Waals surface area (Å²) < 4.78 is 2.16. The van der Waals surface area contributed by atoms with Gasteiger partial charge in [-0.1, -0.05) is 59.6 Å². The number of para-hydroxylation sites is 1. The predicted molar refractivity (Wildman–Crippen MR) is 179 cm³/mol. The number of carbonyl (C=O) groups is 1. The molecule has 0 atom stereocenters. The van der Waals surface area contributed by atoms with E-state index < -0.39 is 0 Å². The third-order valence-electron chi connectivity index (χ3n) is 7.73. The van der Waals surface area contributed by atoms with Gasteiger partial charge < -0.3 is 4.57 Å². The number of benzene rings is 4. The van der Waals surface area contributed by atoms with Crippen LogP contribution in [0.4, 0.5) is 11.4 Å². The van der Waals surface area contributed by atoms with Gasteiger partial charge in [-0.15, -0.1) is 0 Å². The minimum absolute atomic E-state index is 0.0941. The van der Waals surface area contributed by atoms with Crippen LogP contribution < -0.4 is 4.90 Å². The van der Waals surface area contributed by atoms with Gasteiger partial charge in [-0.25, -0.2) is 4.99 Å². The second-order valence-corrected chi connectivity index (χ2v) is 12.5. The molecule has 1 saturated heterocycles. The van der Waals surface area contributed by atoms with Gasteiger partial charge in [-0.3, -0.25) is 9.69 Å². The van der Waals surface area contributed by atoms with Gasteiger partial charge in [0.25, 0.3) is 5.91 Å². The van der Waals surface area contributed by atoms with Crippen LogP contribution in [0.2, 0.25) is 10.0 Å². The molecule has 2 heterocycles. The Bertz CT molecular complexity index is 1940. The number of hydrogen-bond acceptors (Lipinski definition) is 3. The summed E-state index contributed by atoms with van der Waals surface area (Å²) in [6.07, 6.45) is 4.06. The molecule has 1 fully saturated rings. The van der Waals surface area contributed by atoms with Crippen LogP contribution in [0.5, 0.6) is 0 Å². The number of hydrogen-bond donors (Lipinski definition) is 0. The van der Waals surface area contributed by atoms with Crippen LogP contribution in [-0.4, -0.2) is 15.6 Å². The molecule has 1 amide bonds. The van der Waals surface area contributed by atoms with Crippen molar-refractivity contribution in [3.63, 3.8) is 0 Å². The first-order chi connectivity index (χ1) is 20.2. The van der Waals surface area contributed by atoms with E-state index in [1.165, 1.54) is 22.9 Å². The Morgan fingerprint density at radius 2 is 1.57 bits per heavy atom. The first-order valence-electron chi connectivity index (χ1n) is 13.7. The van der Waals surface area contributed by atoms with Crippen LogP contribution in [0.25, 0.3) is 17.0 Å². The summed E-state index contributed by atoms with van der Waals surface area (Å²) >= 11 is 14.0. The number of aliphatic imine (C=N–C) groups is 1. The lowest BCUT2D eigenvalue weighted by Crippen LogP contribution is -2.28. The van der Waals surface area contributed by atoms with E-state index in [2.05, 4.69) is 62.7 Å². The number of aryl methyl sites for hydroxylation is 4. The molecule has 0 N–H and O–H groups in total. The fourth-order valence-electron chi connectivity index (χ4n) is 5.04. The zero-order valence-corrected chi connectivity index (χ0v) is 26.1. The zero-order chi connectivity index (χ0) is 29.5. The monoisotopic (exact) mass is 609 g/mol. The van der Waals surface area contributed by atoms with Crippen molar-refractivity contribution >= 4 is 74.4 Å². The summed E-state index contributed by atoms with van der Waals surface area (Å²) in [7, 11) is 0. The molecule has 0 spiro atoms. The van der Waals surface area contributed by atoms with E-state index >= 15 is 0 Å². The molecular weight excluding hydrogens is 581 g/mol.